The average Bonchev–Trinajstić information content (AvgIpc) is 3.19. The van der Waals surface area contributed by atoms with Crippen molar-refractivity contribution in [1.29, 1.82) is 0 Å². The molecule has 0 spiro atoms. The second-order valence-electron chi connectivity index (χ2n) is 5.13. The SMILES string of the molecule is CC(C)N(CC1CC1)S(=O)(=O)c1ccnc(NN)c1. The number of hydrogen-bond acceptors (Lipinski definition) is 5. The van der Waals surface area contributed by atoms with Crippen molar-refractivity contribution in [3.8, 4) is 0 Å². The highest BCUT2D eigenvalue weighted by Gasteiger charge is 2.33. The maximum absolute atomic E-state index is 12.6. The fraction of sp³-hybridized carbons (Fsp3) is 0.583. The van der Waals surface area contributed by atoms with Crippen LogP contribution in [0.15, 0.2) is 23.2 Å². The van der Waals surface area contributed by atoms with Gasteiger partial charge in [-0.05, 0) is 38.7 Å². The van der Waals surface area contributed by atoms with Gasteiger partial charge in [-0.15, -0.1) is 0 Å². The molecule has 6 nitrogen and oxygen atoms in total. The number of nitrogens with two attached hydrogens (primary N) is 1. The summed E-state index contributed by atoms with van der Waals surface area (Å²) in [5.74, 6) is 6.12. The zero-order valence-electron chi connectivity index (χ0n) is 11.2. The summed E-state index contributed by atoms with van der Waals surface area (Å²) in [6.45, 7) is 4.38. The fourth-order valence-corrected chi connectivity index (χ4v) is 3.65. The van der Waals surface area contributed by atoms with Gasteiger partial charge in [0.25, 0.3) is 0 Å². The molecule has 0 unspecified atom stereocenters. The van der Waals surface area contributed by atoms with Gasteiger partial charge in [-0.25, -0.2) is 19.2 Å². The van der Waals surface area contributed by atoms with Crippen molar-refractivity contribution in [3.63, 3.8) is 0 Å². The van der Waals surface area contributed by atoms with Crippen LogP contribution in [0.5, 0.6) is 0 Å². The predicted molar refractivity (Wildman–Crippen MR) is 73.8 cm³/mol. The number of hydrazine groups is 1. The van der Waals surface area contributed by atoms with E-state index in [0.29, 0.717) is 18.3 Å². The van der Waals surface area contributed by atoms with Crippen LogP contribution in [0.25, 0.3) is 0 Å². The summed E-state index contributed by atoms with van der Waals surface area (Å²) < 4.78 is 26.8. The Morgan fingerprint density at radius 2 is 2.21 bits per heavy atom. The van der Waals surface area contributed by atoms with Gasteiger partial charge in [0, 0.05) is 24.8 Å². The molecule has 0 amide bonds. The van der Waals surface area contributed by atoms with Crippen LogP contribution in [-0.2, 0) is 10.0 Å². The Morgan fingerprint density at radius 1 is 1.53 bits per heavy atom. The van der Waals surface area contributed by atoms with Crippen molar-refractivity contribution in [1.82, 2.24) is 9.29 Å². The van der Waals surface area contributed by atoms with E-state index in [1.165, 1.54) is 18.3 Å². The van der Waals surface area contributed by atoms with Crippen LogP contribution in [-0.4, -0.2) is 30.3 Å². The van der Waals surface area contributed by atoms with Crippen LogP contribution in [0.2, 0.25) is 0 Å². The molecule has 1 aliphatic rings. The number of aromatic nitrogens is 1. The summed E-state index contributed by atoms with van der Waals surface area (Å²) in [6, 6.07) is 2.89. The highest BCUT2D eigenvalue weighted by Crippen LogP contribution is 2.32. The molecule has 3 N–H and O–H groups in total. The van der Waals surface area contributed by atoms with Gasteiger partial charge in [-0.1, -0.05) is 0 Å². The molecule has 1 heterocycles. The zero-order chi connectivity index (χ0) is 14.0. The van der Waals surface area contributed by atoms with Crippen molar-refractivity contribution in [2.24, 2.45) is 11.8 Å². The molecule has 19 heavy (non-hydrogen) atoms. The number of hydrogen-bond donors (Lipinski definition) is 2. The Balaban J connectivity index is 2.31. The molecule has 1 aromatic heterocycles. The molecular weight excluding hydrogens is 264 g/mol. The van der Waals surface area contributed by atoms with E-state index in [2.05, 4.69) is 10.4 Å². The second-order valence-corrected chi connectivity index (χ2v) is 7.02. The minimum atomic E-state index is -3.49. The van der Waals surface area contributed by atoms with Crippen LogP contribution < -0.4 is 11.3 Å². The number of nitrogens with zero attached hydrogens (tertiary/aromatic N) is 2. The van der Waals surface area contributed by atoms with E-state index in [0.717, 1.165) is 12.8 Å². The molecule has 0 radical (unpaired) electrons. The van der Waals surface area contributed by atoms with Crippen LogP contribution in [0, 0.1) is 5.92 Å². The number of pyridine rings is 1. The first-order valence-electron chi connectivity index (χ1n) is 6.39. The van der Waals surface area contributed by atoms with Gasteiger partial charge < -0.3 is 5.43 Å². The predicted octanol–water partition coefficient (Wildman–Crippen LogP) is 1.18. The molecule has 106 valence electrons. The Bertz CT molecular complexity index is 540. The van der Waals surface area contributed by atoms with Crippen molar-refractivity contribution in [2.75, 3.05) is 12.0 Å². The van der Waals surface area contributed by atoms with Crippen LogP contribution in [0.1, 0.15) is 26.7 Å². The molecule has 0 atom stereocenters. The number of nitrogen functional groups attached to an aromatic ring is 1. The topological polar surface area (TPSA) is 88.3 Å². The minimum absolute atomic E-state index is 0.0620. The van der Waals surface area contributed by atoms with Gasteiger partial charge in [0.15, 0.2) is 0 Å². The number of nitrogens with one attached hydrogen (secondary N) is 1. The molecule has 0 aromatic carbocycles. The van der Waals surface area contributed by atoms with Gasteiger partial charge in [0.2, 0.25) is 10.0 Å². The van der Waals surface area contributed by atoms with Crippen LogP contribution in [0.3, 0.4) is 0 Å². The fourth-order valence-electron chi connectivity index (χ4n) is 1.93. The highest BCUT2D eigenvalue weighted by molar-refractivity contribution is 7.89. The lowest BCUT2D eigenvalue weighted by Crippen LogP contribution is -2.38. The summed E-state index contributed by atoms with van der Waals surface area (Å²) in [4.78, 5) is 4.16. The molecule has 1 saturated carbocycles. The van der Waals surface area contributed by atoms with Gasteiger partial charge in [-0.2, -0.15) is 4.31 Å². The van der Waals surface area contributed by atoms with Crippen molar-refractivity contribution >= 4 is 15.8 Å². The molecule has 0 aliphatic heterocycles. The average molecular weight is 284 g/mol. The molecule has 1 aromatic rings. The van der Waals surface area contributed by atoms with E-state index in [1.807, 2.05) is 13.8 Å². The third-order valence-corrected chi connectivity index (χ3v) is 5.23. The minimum Gasteiger partial charge on any atom is -0.308 e. The third-order valence-electron chi connectivity index (χ3n) is 3.20. The molecule has 0 saturated heterocycles. The highest BCUT2D eigenvalue weighted by atomic mass is 32.2. The third kappa shape index (κ3) is 3.23. The van der Waals surface area contributed by atoms with Gasteiger partial charge in [0.05, 0.1) is 4.90 Å². The van der Waals surface area contributed by atoms with E-state index >= 15 is 0 Å². The standard InChI is InChI=1S/C12H20N4O2S/c1-9(2)16(8-10-3-4-10)19(17,18)11-5-6-14-12(7-11)15-13/h5-7,9-10H,3-4,8,13H2,1-2H3,(H,14,15). The number of rotatable bonds is 6. The molecule has 1 fully saturated rings. The molecule has 0 bridgehead atoms. The maximum Gasteiger partial charge on any atom is 0.243 e. The molecular formula is C12H20N4O2S. The first-order valence-corrected chi connectivity index (χ1v) is 7.83. The van der Waals surface area contributed by atoms with Crippen LogP contribution in [0.4, 0.5) is 5.82 Å². The lowest BCUT2D eigenvalue weighted by atomic mass is 10.3. The smallest absolute Gasteiger partial charge is 0.243 e. The van der Waals surface area contributed by atoms with E-state index in [4.69, 9.17) is 5.84 Å². The summed E-state index contributed by atoms with van der Waals surface area (Å²) in [5.41, 5.74) is 2.37. The summed E-state index contributed by atoms with van der Waals surface area (Å²) >= 11 is 0. The number of anilines is 1. The monoisotopic (exact) mass is 284 g/mol. The normalized spacial score (nSPS) is 16.1. The summed E-state index contributed by atoms with van der Waals surface area (Å²) in [6.07, 6.45) is 3.67. The van der Waals surface area contributed by atoms with E-state index in [9.17, 15) is 8.42 Å². The van der Waals surface area contributed by atoms with E-state index in [-0.39, 0.29) is 10.9 Å². The first-order chi connectivity index (χ1) is 8.95. The molecule has 7 heteroatoms. The second kappa shape index (κ2) is 5.44. The Hall–Kier alpha value is -1.18. The lowest BCUT2D eigenvalue weighted by Gasteiger charge is -2.26. The summed E-state index contributed by atoms with van der Waals surface area (Å²) in [5, 5.41) is 0. The lowest BCUT2D eigenvalue weighted by molar-refractivity contribution is 0.341. The quantitative estimate of drug-likeness (QED) is 0.605. The zero-order valence-corrected chi connectivity index (χ0v) is 12.0. The van der Waals surface area contributed by atoms with E-state index in [1.54, 1.807) is 4.31 Å². The first kappa shape index (κ1) is 14.2. The Morgan fingerprint density at radius 3 is 2.74 bits per heavy atom. The van der Waals surface area contributed by atoms with Crippen LogP contribution >= 0.6 is 0 Å². The van der Waals surface area contributed by atoms with Gasteiger partial charge in [0.1, 0.15) is 5.82 Å². The van der Waals surface area contributed by atoms with Crippen molar-refractivity contribution in [3.05, 3.63) is 18.3 Å². The Labute approximate surface area is 114 Å². The van der Waals surface area contributed by atoms with Crippen molar-refractivity contribution < 1.29 is 8.42 Å². The Kier molecular flexibility index (Phi) is 4.07. The van der Waals surface area contributed by atoms with Gasteiger partial charge in [-0.3, -0.25) is 0 Å². The summed E-state index contributed by atoms with van der Waals surface area (Å²) in [7, 11) is -3.49. The van der Waals surface area contributed by atoms with E-state index < -0.39 is 10.0 Å². The maximum atomic E-state index is 12.6. The van der Waals surface area contributed by atoms with Crippen molar-refractivity contribution in [2.45, 2.75) is 37.6 Å². The van der Waals surface area contributed by atoms with Gasteiger partial charge >= 0.3 is 0 Å². The number of sulfonamides is 1. The molecule has 1 aliphatic carbocycles. The molecule has 2 rings (SSSR count). The largest absolute Gasteiger partial charge is 0.308 e.